The molecule has 13 heavy (non-hydrogen) atoms. The zero-order chi connectivity index (χ0) is 10.4. The van der Waals surface area contributed by atoms with Gasteiger partial charge in [-0.3, -0.25) is 16.9 Å². The van der Waals surface area contributed by atoms with Crippen molar-refractivity contribution in [3.8, 4) is 0 Å². The topological polar surface area (TPSA) is 175 Å². The molecule has 0 saturated heterocycles. The van der Waals surface area contributed by atoms with E-state index < -0.39 is 16.9 Å². The lowest BCUT2D eigenvalue weighted by molar-refractivity contribution is -0.351. The Kier molecular flexibility index (Phi) is 3.66. The third-order valence-corrected chi connectivity index (χ3v) is 0.584. The molecule has 0 aromatic carbocycles. The van der Waals surface area contributed by atoms with Crippen LogP contribution in [0.4, 0.5) is 4.79 Å². The van der Waals surface area contributed by atoms with E-state index >= 15 is 0 Å². The summed E-state index contributed by atoms with van der Waals surface area (Å²) in [5.74, 6) is -0.833. The second-order valence-corrected chi connectivity index (χ2v) is 1.65. The van der Waals surface area contributed by atoms with Gasteiger partial charge in [-0.05, 0) is 4.92 Å². The van der Waals surface area contributed by atoms with Gasteiger partial charge in [0.1, 0.15) is 0 Å². The zero-order valence-corrected chi connectivity index (χ0v) is 6.25. The minimum Gasteiger partial charge on any atom is -0.390 e. The number of aliphatic imine (C=N–C) groups is 1. The zero-order valence-electron chi connectivity index (χ0n) is 6.25. The number of nitro groups is 1. The summed E-state index contributed by atoms with van der Waals surface area (Å²) < 4.78 is 0. The number of urea groups is 1. The highest BCUT2D eigenvalue weighted by molar-refractivity contribution is 5.93. The molecule has 6 N–H and O–H groups in total. The molecule has 0 bridgehead atoms. The Balaban J connectivity index is 0.000000310. The fraction of sp³-hybridized carbons (Fsp3) is 0. The molecule has 1 heterocycles. The molecular formula is C3H6N7O3+. The van der Waals surface area contributed by atoms with Crippen molar-refractivity contribution in [2.75, 3.05) is 0 Å². The van der Waals surface area contributed by atoms with Gasteiger partial charge in [0.05, 0.1) is 5.11 Å². The highest BCUT2D eigenvalue weighted by Crippen LogP contribution is 1.97. The second-order valence-electron chi connectivity index (χ2n) is 1.65. The van der Waals surface area contributed by atoms with Crippen LogP contribution < -0.4 is 16.9 Å². The van der Waals surface area contributed by atoms with Crippen molar-refractivity contribution in [1.82, 2.24) is 0 Å². The Morgan fingerprint density at radius 1 is 1.46 bits per heavy atom. The van der Waals surface area contributed by atoms with Gasteiger partial charge in [-0.15, -0.1) is 0 Å². The Morgan fingerprint density at radius 3 is 2.08 bits per heavy atom. The number of hydrogen-bond acceptors (Lipinski definition) is 4. The molecule has 0 unspecified atom stereocenters. The van der Waals surface area contributed by atoms with Crippen molar-refractivity contribution >= 4 is 18.0 Å². The van der Waals surface area contributed by atoms with Crippen LogP contribution in [0.5, 0.6) is 0 Å². The predicted molar refractivity (Wildman–Crippen MR) is 40.0 cm³/mol. The molecule has 1 rings (SSSR count). The molecule has 10 heteroatoms. The molecular weight excluding hydrogens is 182 g/mol. The van der Waals surface area contributed by atoms with E-state index in [1.165, 1.54) is 0 Å². The van der Waals surface area contributed by atoms with Crippen molar-refractivity contribution < 1.29 is 15.1 Å². The van der Waals surface area contributed by atoms with Gasteiger partial charge in [0.25, 0.3) is 0 Å². The molecule has 0 radical (unpaired) electrons. The third-order valence-electron chi connectivity index (χ3n) is 0.584. The molecule has 70 valence electrons. The minimum absolute atomic E-state index is 0.0833. The largest absolute Gasteiger partial charge is 0.496 e. The highest BCUT2D eigenvalue weighted by atomic mass is 16.6. The normalized spacial score (nSPS) is 12.9. The summed E-state index contributed by atoms with van der Waals surface area (Å²) in [7, 11) is 0. The SMILES string of the molecule is NC(N)=[NH2+].O=C1N=NC([N+](=O)[O-])=N1. The molecule has 0 saturated carbocycles. The molecule has 0 atom stereocenters. The van der Waals surface area contributed by atoms with E-state index in [9.17, 15) is 14.9 Å². The molecule has 0 fully saturated rings. The van der Waals surface area contributed by atoms with Gasteiger partial charge in [0.15, 0.2) is 0 Å². The third kappa shape index (κ3) is 4.94. The van der Waals surface area contributed by atoms with Gasteiger partial charge in [-0.25, -0.2) is 4.79 Å². The van der Waals surface area contributed by atoms with Gasteiger partial charge in [-0.1, -0.05) is 0 Å². The lowest BCUT2D eigenvalue weighted by atomic mass is 11.0. The standard InChI is InChI=1S/C2N4O3.CH5N3/c7-2-3-1(4-5-2)6(8)9;2-1(3)4/h;(H5,2,3,4)/p+1. The summed E-state index contributed by atoms with van der Waals surface area (Å²) in [5, 5.41) is 19.9. The summed E-state index contributed by atoms with van der Waals surface area (Å²) in [4.78, 5) is 21.7. The molecule has 2 amide bonds. The number of amides is 2. The number of hydrogen-bond donors (Lipinski definition) is 3. The average Bonchev–Trinajstić information content (AvgIpc) is 2.34. The van der Waals surface area contributed by atoms with Crippen LogP contribution in [0, 0.1) is 10.1 Å². The number of carbonyl (C=O) groups is 1. The van der Waals surface area contributed by atoms with Gasteiger partial charge in [0.2, 0.25) is 0 Å². The lowest BCUT2D eigenvalue weighted by Gasteiger charge is -1.82. The van der Waals surface area contributed by atoms with Crippen molar-refractivity contribution in [2.45, 2.75) is 0 Å². The van der Waals surface area contributed by atoms with Gasteiger partial charge >= 0.3 is 18.0 Å². The second kappa shape index (κ2) is 4.48. The Bertz CT molecular complexity index is 300. The van der Waals surface area contributed by atoms with Crippen LogP contribution in [0.2, 0.25) is 0 Å². The maximum atomic E-state index is 10.0. The van der Waals surface area contributed by atoms with Crippen LogP contribution in [-0.4, -0.2) is 22.9 Å². The Morgan fingerprint density at radius 2 is 1.92 bits per heavy atom. The van der Waals surface area contributed by atoms with E-state index in [0.717, 1.165) is 0 Å². The van der Waals surface area contributed by atoms with E-state index in [1.807, 2.05) is 0 Å². The van der Waals surface area contributed by atoms with Crippen LogP contribution in [0.1, 0.15) is 0 Å². The van der Waals surface area contributed by atoms with E-state index in [1.54, 1.807) is 0 Å². The summed E-state index contributed by atoms with van der Waals surface area (Å²) in [6, 6.07) is -0.929. The summed E-state index contributed by atoms with van der Waals surface area (Å²) >= 11 is 0. The van der Waals surface area contributed by atoms with Crippen molar-refractivity contribution in [1.29, 1.82) is 0 Å². The Hall–Kier alpha value is -2.39. The Labute approximate surface area is 71.0 Å². The molecule has 0 aromatic heterocycles. The van der Waals surface area contributed by atoms with Gasteiger partial charge in [0, 0.05) is 10.1 Å². The molecule has 10 nitrogen and oxygen atoms in total. The van der Waals surface area contributed by atoms with E-state index in [-0.39, 0.29) is 5.96 Å². The fourth-order valence-electron chi connectivity index (χ4n) is 0.295. The quantitative estimate of drug-likeness (QED) is 0.161. The lowest BCUT2D eigenvalue weighted by Crippen LogP contribution is -2.51. The van der Waals surface area contributed by atoms with Crippen LogP contribution in [0.25, 0.3) is 0 Å². The number of rotatable bonds is 0. The number of nitrogens with zero attached hydrogens (tertiary/aromatic N) is 4. The van der Waals surface area contributed by atoms with Gasteiger partial charge in [-0.2, -0.15) is 0 Å². The van der Waals surface area contributed by atoms with E-state index in [4.69, 9.17) is 0 Å². The van der Waals surface area contributed by atoms with Crippen LogP contribution in [0.3, 0.4) is 0 Å². The van der Waals surface area contributed by atoms with Crippen molar-refractivity contribution in [3.63, 3.8) is 0 Å². The monoisotopic (exact) mass is 188 g/mol. The first kappa shape index (κ1) is 10.6. The smallest absolute Gasteiger partial charge is 0.390 e. The van der Waals surface area contributed by atoms with Crippen LogP contribution in [0.15, 0.2) is 15.2 Å². The molecule has 1 aliphatic rings. The molecule has 1 aliphatic heterocycles. The molecule has 0 aromatic rings. The number of nitrogens with two attached hydrogens (primary N) is 3. The maximum Gasteiger partial charge on any atom is 0.496 e. The number of azo groups is 1. The summed E-state index contributed by atoms with van der Waals surface area (Å²) in [6.45, 7) is 0. The maximum absolute atomic E-state index is 10.0. The molecule has 0 spiro atoms. The van der Waals surface area contributed by atoms with E-state index in [2.05, 4.69) is 32.1 Å². The number of guanidine groups is 2. The summed E-state index contributed by atoms with van der Waals surface area (Å²) in [5.41, 5.74) is 9.17. The van der Waals surface area contributed by atoms with Gasteiger partial charge < -0.3 is 10.1 Å². The first-order chi connectivity index (χ1) is 5.93. The van der Waals surface area contributed by atoms with Crippen molar-refractivity contribution in [3.05, 3.63) is 10.1 Å². The molecule has 0 aliphatic carbocycles. The highest BCUT2D eigenvalue weighted by Gasteiger charge is 2.23. The number of carbonyl (C=O) groups excluding carboxylic acids is 1. The summed E-state index contributed by atoms with van der Waals surface area (Å²) in [6.07, 6.45) is 0. The first-order valence-corrected chi connectivity index (χ1v) is 2.75. The first-order valence-electron chi connectivity index (χ1n) is 2.75. The average molecular weight is 188 g/mol. The van der Waals surface area contributed by atoms with Crippen LogP contribution in [-0.2, 0) is 0 Å². The predicted octanol–water partition coefficient (Wildman–Crippen LogP) is -2.78. The van der Waals surface area contributed by atoms with Crippen LogP contribution >= 0.6 is 0 Å². The minimum atomic E-state index is -0.929. The fourth-order valence-corrected chi connectivity index (χ4v) is 0.295. The van der Waals surface area contributed by atoms with Crippen molar-refractivity contribution in [2.24, 2.45) is 26.7 Å². The van der Waals surface area contributed by atoms with E-state index in [0.29, 0.717) is 0 Å².